The fraction of sp³-hybridized carbons (Fsp3) is 0.182. The Balaban J connectivity index is 2.53. The number of ether oxygens (including phenoxy) is 1. The summed E-state index contributed by atoms with van der Waals surface area (Å²) >= 11 is 0. The van der Waals surface area contributed by atoms with Gasteiger partial charge in [-0.25, -0.2) is 9.97 Å². The van der Waals surface area contributed by atoms with Crippen molar-refractivity contribution in [1.29, 1.82) is 5.26 Å². The molecular weight excluding hydrogens is 204 g/mol. The summed E-state index contributed by atoms with van der Waals surface area (Å²) in [5.41, 5.74) is 2.01. The van der Waals surface area contributed by atoms with E-state index in [1.807, 2.05) is 23.8 Å². The summed E-state index contributed by atoms with van der Waals surface area (Å²) in [4.78, 5) is 8.19. The molecule has 2 rings (SSSR count). The summed E-state index contributed by atoms with van der Waals surface area (Å²) in [5.74, 6) is 0.413. The van der Waals surface area contributed by atoms with Crippen LogP contribution in [0.1, 0.15) is 11.4 Å². The molecule has 2 aromatic heterocycles. The van der Waals surface area contributed by atoms with Crippen LogP contribution in [-0.4, -0.2) is 21.6 Å². The number of aromatic nitrogens is 3. The molecule has 2 aromatic rings. The van der Waals surface area contributed by atoms with Gasteiger partial charge >= 0.3 is 0 Å². The lowest BCUT2D eigenvalue weighted by Gasteiger charge is -2.07. The molecule has 0 aromatic carbocycles. The maximum Gasteiger partial charge on any atom is 0.239 e. The Morgan fingerprint density at radius 2 is 2.25 bits per heavy atom. The highest BCUT2D eigenvalue weighted by atomic mass is 16.5. The molecule has 0 aliphatic rings. The minimum atomic E-state index is 0.331. The average Bonchev–Trinajstić information content (AvgIpc) is 2.74. The maximum atomic E-state index is 8.74. The Labute approximate surface area is 92.9 Å². The zero-order chi connectivity index (χ0) is 11.5. The molecule has 0 spiro atoms. The Bertz CT molecular complexity index is 553. The summed E-state index contributed by atoms with van der Waals surface area (Å²) in [6.45, 7) is 1.90. The largest absolute Gasteiger partial charge is 0.479 e. The Hall–Kier alpha value is -2.35. The van der Waals surface area contributed by atoms with Crippen LogP contribution in [0, 0.1) is 18.3 Å². The highest BCUT2D eigenvalue weighted by Gasteiger charge is 2.08. The number of nitrogens with zero attached hydrogens (tertiary/aromatic N) is 4. The molecule has 2 heterocycles. The molecule has 0 aliphatic carbocycles. The predicted octanol–water partition coefficient (Wildman–Crippen LogP) is 1.46. The van der Waals surface area contributed by atoms with Gasteiger partial charge in [0.15, 0.2) is 0 Å². The Kier molecular flexibility index (Phi) is 2.56. The van der Waals surface area contributed by atoms with Gasteiger partial charge in [-0.15, -0.1) is 0 Å². The molecule has 0 bridgehead atoms. The van der Waals surface area contributed by atoms with Gasteiger partial charge in [-0.1, -0.05) is 0 Å². The molecule has 0 atom stereocenters. The van der Waals surface area contributed by atoms with Crippen molar-refractivity contribution in [2.24, 2.45) is 0 Å². The molecule has 0 amide bonds. The van der Waals surface area contributed by atoms with E-state index >= 15 is 0 Å². The van der Waals surface area contributed by atoms with Gasteiger partial charge in [-0.2, -0.15) is 5.26 Å². The van der Waals surface area contributed by atoms with Gasteiger partial charge in [0, 0.05) is 6.20 Å². The predicted molar refractivity (Wildman–Crippen MR) is 57.4 cm³/mol. The first-order chi connectivity index (χ1) is 7.74. The fourth-order valence-electron chi connectivity index (χ4n) is 1.40. The normalized spacial score (nSPS) is 9.81. The molecule has 0 unspecified atom stereocenters. The van der Waals surface area contributed by atoms with Gasteiger partial charge in [0.1, 0.15) is 17.5 Å². The zero-order valence-corrected chi connectivity index (χ0v) is 9.01. The van der Waals surface area contributed by atoms with Gasteiger partial charge in [0.05, 0.1) is 19.1 Å². The second-order valence-electron chi connectivity index (χ2n) is 3.26. The lowest BCUT2D eigenvalue weighted by Crippen LogP contribution is -1.99. The summed E-state index contributed by atoms with van der Waals surface area (Å²) in [5, 5.41) is 8.74. The number of pyridine rings is 1. The van der Waals surface area contributed by atoms with Gasteiger partial charge in [0.2, 0.25) is 5.88 Å². The van der Waals surface area contributed by atoms with Crippen LogP contribution in [-0.2, 0) is 0 Å². The third-order valence-corrected chi connectivity index (χ3v) is 2.14. The minimum absolute atomic E-state index is 0.331. The van der Waals surface area contributed by atoms with E-state index in [9.17, 15) is 0 Å². The summed E-state index contributed by atoms with van der Waals surface area (Å²) in [6.07, 6.45) is 3.55. The smallest absolute Gasteiger partial charge is 0.239 e. The number of rotatable bonds is 2. The van der Waals surface area contributed by atoms with E-state index in [0.29, 0.717) is 11.6 Å². The number of hydrogen-bond acceptors (Lipinski definition) is 4. The van der Waals surface area contributed by atoms with Crippen molar-refractivity contribution in [3.8, 4) is 17.6 Å². The molecule has 5 heteroatoms. The average molecular weight is 214 g/mol. The maximum absolute atomic E-state index is 8.74. The molecule has 0 fully saturated rings. The van der Waals surface area contributed by atoms with Crippen molar-refractivity contribution in [2.45, 2.75) is 6.92 Å². The second-order valence-corrected chi connectivity index (χ2v) is 3.26. The molecule has 0 aliphatic heterocycles. The van der Waals surface area contributed by atoms with E-state index in [2.05, 4.69) is 9.97 Å². The number of hydrogen-bond donors (Lipinski definition) is 0. The van der Waals surface area contributed by atoms with Crippen LogP contribution in [0.25, 0.3) is 5.69 Å². The number of aryl methyl sites for hydroxylation is 1. The summed E-state index contributed by atoms with van der Waals surface area (Å²) < 4.78 is 6.95. The molecule has 5 nitrogen and oxygen atoms in total. The molecule has 0 N–H and O–H groups in total. The van der Waals surface area contributed by atoms with E-state index in [0.717, 1.165) is 11.4 Å². The first kappa shape index (κ1) is 10.2. The number of nitriles is 1. The van der Waals surface area contributed by atoms with Crippen molar-refractivity contribution in [3.05, 3.63) is 36.0 Å². The lowest BCUT2D eigenvalue weighted by molar-refractivity contribution is 0.395. The van der Waals surface area contributed by atoms with Crippen LogP contribution in [0.5, 0.6) is 5.88 Å². The fourth-order valence-corrected chi connectivity index (χ4v) is 1.40. The quantitative estimate of drug-likeness (QED) is 0.759. The third-order valence-electron chi connectivity index (χ3n) is 2.14. The molecular formula is C11H10N4O. The molecule has 0 saturated carbocycles. The minimum Gasteiger partial charge on any atom is -0.479 e. The standard InChI is InChI=1S/C11H10N4O/c1-8-6-15(7-13-8)10-4-3-9(5-12)14-11(10)16-2/h3-4,6-7H,1-2H3. The number of methoxy groups -OCH3 is 1. The topological polar surface area (TPSA) is 63.7 Å². The van der Waals surface area contributed by atoms with Gasteiger partial charge in [-0.3, -0.25) is 0 Å². The summed E-state index contributed by atoms with van der Waals surface area (Å²) in [6, 6.07) is 5.40. The van der Waals surface area contributed by atoms with Gasteiger partial charge in [-0.05, 0) is 19.1 Å². The SMILES string of the molecule is COc1nc(C#N)ccc1-n1cnc(C)c1. The second kappa shape index (κ2) is 4.03. The Morgan fingerprint density at radius 3 is 2.81 bits per heavy atom. The lowest BCUT2D eigenvalue weighted by atomic mass is 10.3. The van der Waals surface area contributed by atoms with Crippen molar-refractivity contribution < 1.29 is 4.74 Å². The van der Waals surface area contributed by atoms with Crippen LogP contribution in [0.2, 0.25) is 0 Å². The van der Waals surface area contributed by atoms with Crippen LogP contribution < -0.4 is 4.74 Å². The summed E-state index contributed by atoms with van der Waals surface area (Å²) in [7, 11) is 1.52. The van der Waals surface area contributed by atoms with E-state index < -0.39 is 0 Å². The van der Waals surface area contributed by atoms with Crippen LogP contribution in [0.3, 0.4) is 0 Å². The van der Waals surface area contributed by atoms with E-state index in [1.54, 1.807) is 18.5 Å². The molecule has 16 heavy (non-hydrogen) atoms. The first-order valence-corrected chi connectivity index (χ1v) is 4.70. The Morgan fingerprint density at radius 1 is 1.44 bits per heavy atom. The molecule has 0 saturated heterocycles. The zero-order valence-electron chi connectivity index (χ0n) is 9.01. The van der Waals surface area contributed by atoms with Gasteiger partial charge in [0.25, 0.3) is 0 Å². The monoisotopic (exact) mass is 214 g/mol. The molecule has 0 radical (unpaired) electrons. The first-order valence-electron chi connectivity index (χ1n) is 4.70. The van der Waals surface area contributed by atoms with Crippen LogP contribution in [0.15, 0.2) is 24.7 Å². The highest BCUT2D eigenvalue weighted by Crippen LogP contribution is 2.20. The van der Waals surface area contributed by atoms with Crippen LogP contribution in [0.4, 0.5) is 0 Å². The van der Waals surface area contributed by atoms with Gasteiger partial charge < -0.3 is 9.30 Å². The van der Waals surface area contributed by atoms with Crippen molar-refractivity contribution >= 4 is 0 Å². The van der Waals surface area contributed by atoms with Crippen LogP contribution >= 0.6 is 0 Å². The van der Waals surface area contributed by atoms with Crippen molar-refractivity contribution in [1.82, 2.24) is 14.5 Å². The van der Waals surface area contributed by atoms with E-state index in [4.69, 9.17) is 10.00 Å². The number of imidazole rings is 1. The highest BCUT2D eigenvalue weighted by molar-refractivity contribution is 5.44. The third kappa shape index (κ3) is 1.73. The van der Waals surface area contributed by atoms with E-state index in [1.165, 1.54) is 7.11 Å². The van der Waals surface area contributed by atoms with Crippen molar-refractivity contribution in [2.75, 3.05) is 7.11 Å². The van der Waals surface area contributed by atoms with E-state index in [-0.39, 0.29) is 0 Å². The van der Waals surface area contributed by atoms with Crippen molar-refractivity contribution in [3.63, 3.8) is 0 Å². The molecule has 80 valence electrons.